The van der Waals surface area contributed by atoms with Gasteiger partial charge in [-0.15, -0.1) is 0 Å². The molecule has 0 unspecified atom stereocenters. The number of carbonyl (C=O) groups is 1. The number of likely N-dealkylation sites (tertiary alicyclic amines) is 1. The van der Waals surface area contributed by atoms with Crippen molar-refractivity contribution in [3.63, 3.8) is 0 Å². The normalized spacial score (nSPS) is 17.3. The summed E-state index contributed by atoms with van der Waals surface area (Å²) in [6.45, 7) is 3.20. The number of imidazole rings is 1. The highest BCUT2D eigenvalue weighted by Gasteiger charge is 2.29. The third-order valence-corrected chi connectivity index (χ3v) is 5.06. The Morgan fingerprint density at radius 1 is 1.41 bits per heavy atom. The summed E-state index contributed by atoms with van der Waals surface area (Å²) in [5.41, 5.74) is 2.74. The third-order valence-electron chi connectivity index (χ3n) is 5.06. The van der Waals surface area contributed by atoms with Crippen LogP contribution < -0.4 is 10.2 Å². The lowest BCUT2D eigenvalue weighted by molar-refractivity contribution is 0.0669. The lowest BCUT2D eigenvalue weighted by Crippen LogP contribution is -2.39. The summed E-state index contributed by atoms with van der Waals surface area (Å²) in [4.78, 5) is 34.5. The van der Waals surface area contributed by atoms with Gasteiger partial charge in [0.05, 0.1) is 18.1 Å². The van der Waals surface area contributed by atoms with Crippen LogP contribution in [0.5, 0.6) is 5.75 Å². The van der Waals surface area contributed by atoms with E-state index in [0.29, 0.717) is 13.1 Å². The van der Waals surface area contributed by atoms with Crippen LogP contribution in [-0.4, -0.2) is 41.0 Å². The molecule has 3 aromatic rings. The van der Waals surface area contributed by atoms with Gasteiger partial charge in [0.2, 0.25) is 11.2 Å². The first-order valence-electron chi connectivity index (χ1n) is 8.98. The molecule has 7 heteroatoms. The highest BCUT2D eigenvalue weighted by atomic mass is 16.5. The zero-order valence-electron chi connectivity index (χ0n) is 15.3. The fourth-order valence-corrected chi connectivity index (χ4v) is 3.59. The van der Waals surface area contributed by atoms with E-state index in [2.05, 4.69) is 4.98 Å². The van der Waals surface area contributed by atoms with Gasteiger partial charge in [-0.1, -0.05) is 12.1 Å². The van der Waals surface area contributed by atoms with Crippen molar-refractivity contribution in [3.8, 4) is 5.75 Å². The fraction of sp³-hybridized carbons (Fsp3) is 0.350. The number of hydrogen-bond acceptors (Lipinski definition) is 5. The van der Waals surface area contributed by atoms with Gasteiger partial charge in [-0.05, 0) is 31.4 Å². The first-order valence-corrected chi connectivity index (χ1v) is 8.98. The number of ether oxygens (including phenoxy) is 1. The number of nitrogens with one attached hydrogen (secondary N) is 1. The van der Waals surface area contributed by atoms with Gasteiger partial charge < -0.3 is 19.0 Å². The quantitative estimate of drug-likeness (QED) is 0.769. The molecule has 1 saturated heterocycles. The summed E-state index contributed by atoms with van der Waals surface area (Å²) < 4.78 is 10.2. The molecule has 1 atom stereocenters. The molecule has 3 heterocycles. The number of hydrogen-bond donors (Lipinski definition) is 1. The Kier molecular flexibility index (Phi) is 4.43. The second-order valence-corrected chi connectivity index (χ2v) is 6.86. The number of amides is 1. The van der Waals surface area contributed by atoms with Crippen LogP contribution in [0.3, 0.4) is 0 Å². The molecule has 0 radical (unpaired) electrons. The predicted octanol–water partition coefficient (Wildman–Crippen LogP) is 2.85. The first kappa shape index (κ1) is 17.3. The number of carbonyl (C=O) groups excluding carboxylic acids is 1. The summed E-state index contributed by atoms with van der Waals surface area (Å²) in [7, 11) is 1.39. The lowest BCUT2D eigenvalue weighted by Gasteiger charge is -2.31. The Morgan fingerprint density at radius 2 is 2.26 bits per heavy atom. The van der Waals surface area contributed by atoms with E-state index in [4.69, 9.17) is 14.1 Å². The van der Waals surface area contributed by atoms with Crippen LogP contribution in [0.15, 0.2) is 39.7 Å². The number of rotatable bonds is 3. The van der Waals surface area contributed by atoms with E-state index < -0.39 is 0 Å². The summed E-state index contributed by atoms with van der Waals surface area (Å²) in [6.07, 6.45) is 3.00. The molecule has 1 N–H and O–H groups in total. The molecular formula is C20H21N3O4. The molecule has 0 spiro atoms. The SMILES string of the molecule is COc1coc(C(=O)N2CCC[C@H](c3nc4c(C)cccc4[nH]3)C2)cc1=O. The highest BCUT2D eigenvalue weighted by molar-refractivity contribution is 5.91. The molecule has 1 amide bonds. The van der Waals surface area contributed by atoms with Crippen molar-refractivity contribution in [1.29, 1.82) is 0 Å². The number of fused-ring (bicyclic) bond motifs is 1. The zero-order chi connectivity index (χ0) is 19.0. The second-order valence-electron chi connectivity index (χ2n) is 6.86. The highest BCUT2D eigenvalue weighted by Crippen LogP contribution is 2.28. The van der Waals surface area contributed by atoms with E-state index in [9.17, 15) is 9.59 Å². The van der Waals surface area contributed by atoms with Crippen LogP contribution in [0.4, 0.5) is 0 Å². The van der Waals surface area contributed by atoms with Crippen LogP contribution in [0, 0.1) is 6.92 Å². The van der Waals surface area contributed by atoms with Crippen LogP contribution in [0.1, 0.15) is 40.7 Å². The van der Waals surface area contributed by atoms with Gasteiger partial charge in [0, 0.05) is 25.1 Å². The molecule has 4 rings (SSSR count). The van der Waals surface area contributed by atoms with Crippen molar-refractivity contribution in [1.82, 2.24) is 14.9 Å². The van der Waals surface area contributed by atoms with Crippen molar-refractivity contribution in [3.05, 3.63) is 57.9 Å². The van der Waals surface area contributed by atoms with Crippen molar-refractivity contribution < 1.29 is 13.9 Å². The summed E-state index contributed by atoms with van der Waals surface area (Å²) in [5.74, 6) is 0.849. The Bertz CT molecular complexity index is 1050. The number of methoxy groups -OCH3 is 1. The topological polar surface area (TPSA) is 88.4 Å². The van der Waals surface area contributed by atoms with Gasteiger partial charge in [-0.25, -0.2) is 4.98 Å². The average Bonchev–Trinajstić information content (AvgIpc) is 3.13. The molecule has 0 saturated carbocycles. The molecule has 2 aromatic heterocycles. The monoisotopic (exact) mass is 367 g/mol. The zero-order valence-corrected chi connectivity index (χ0v) is 15.3. The summed E-state index contributed by atoms with van der Waals surface area (Å²) in [5, 5.41) is 0. The number of nitrogens with zero attached hydrogens (tertiary/aromatic N) is 2. The van der Waals surface area contributed by atoms with Crippen LogP contribution in [-0.2, 0) is 0 Å². The van der Waals surface area contributed by atoms with Crippen molar-refractivity contribution >= 4 is 16.9 Å². The largest absolute Gasteiger partial charge is 0.490 e. The number of benzene rings is 1. The van der Waals surface area contributed by atoms with Crippen LogP contribution >= 0.6 is 0 Å². The van der Waals surface area contributed by atoms with Crippen LogP contribution in [0.2, 0.25) is 0 Å². The van der Waals surface area contributed by atoms with Crippen molar-refractivity contribution in [2.24, 2.45) is 0 Å². The van der Waals surface area contributed by atoms with Gasteiger partial charge >= 0.3 is 0 Å². The van der Waals surface area contributed by atoms with E-state index >= 15 is 0 Å². The Morgan fingerprint density at radius 3 is 3.00 bits per heavy atom. The minimum Gasteiger partial charge on any atom is -0.490 e. The molecular weight excluding hydrogens is 346 g/mol. The third kappa shape index (κ3) is 3.20. The average molecular weight is 367 g/mol. The number of aryl methyl sites for hydroxylation is 1. The molecule has 27 heavy (non-hydrogen) atoms. The van der Waals surface area contributed by atoms with E-state index in [1.54, 1.807) is 4.90 Å². The first-order chi connectivity index (χ1) is 13.1. The molecule has 1 aliphatic heterocycles. The summed E-state index contributed by atoms with van der Waals surface area (Å²) >= 11 is 0. The van der Waals surface area contributed by atoms with E-state index in [1.165, 1.54) is 19.4 Å². The molecule has 1 aliphatic rings. The maximum atomic E-state index is 12.8. The van der Waals surface area contributed by atoms with E-state index in [-0.39, 0.29) is 28.8 Å². The maximum Gasteiger partial charge on any atom is 0.289 e. The number of H-pyrrole nitrogens is 1. The molecule has 1 aromatic carbocycles. The van der Waals surface area contributed by atoms with E-state index in [1.807, 2.05) is 25.1 Å². The molecule has 1 fully saturated rings. The minimum atomic E-state index is -0.367. The van der Waals surface area contributed by atoms with Gasteiger partial charge in [0.25, 0.3) is 5.91 Å². The van der Waals surface area contributed by atoms with Crippen molar-refractivity contribution in [2.75, 3.05) is 20.2 Å². The molecule has 0 bridgehead atoms. The second kappa shape index (κ2) is 6.90. The molecule has 7 nitrogen and oxygen atoms in total. The number of para-hydroxylation sites is 1. The van der Waals surface area contributed by atoms with Crippen molar-refractivity contribution in [2.45, 2.75) is 25.7 Å². The Balaban J connectivity index is 1.56. The Hall–Kier alpha value is -3.09. The van der Waals surface area contributed by atoms with Gasteiger partial charge in [-0.2, -0.15) is 0 Å². The van der Waals surface area contributed by atoms with E-state index in [0.717, 1.165) is 35.3 Å². The smallest absolute Gasteiger partial charge is 0.289 e. The van der Waals surface area contributed by atoms with Gasteiger partial charge in [0.1, 0.15) is 12.1 Å². The lowest BCUT2D eigenvalue weighted by atomic mass is 9.97. The van der Waals surface area contributed by atoms with Gasteiger partial charge in [-0.3, -0.25) is 9.59 Å². The minimum absolute atomic E-state index is 0.0295. The standard InChI is InChI=1S/C20H21N3O4/c1-12-5-3-7-14-18(12)22-19(21-14)13-6-4-8-23(10-13)20(25)16-9-15(24)17(26-2)11-27-16/h3,5,7,9,11,13H,4,6,8,10H2,1-2H3,(H,21,22)/t13-/m0/s1. The molecule has 140 valence electrons. The fourth-order valence-electron chi connectivity index (χ4n) is 3.59. The summed E-state index contributed by atoms with van der Waals surface area (Å²) in [6, 6.07) is 7.24. The Labute approximate surface area is 156 Å². The number of aromatic amines is 1. The number of piperidine rings is 1. The molecule has 0 aliphatic carbocycles. The van der Waals surface area contributed by atoms with Gasteiger partial charge in [0.15, 0.2) is 5.76 Å². The number of aromatic nitrogens is 2. The van der Waals surface area contributed by atoms with Crippen LogP contribution in [0.25, 0.3) is 11.0 Å². The predicted molar refractivity (Wildman–Crippen MR) is 100 cm³/mol. The maximum absolute atomic E-state index is 12.8.